The van der Waals surface area contributed by atoms with Gasteiger partial charge in [-0.3, -0.25) is 4.68 Å². The van der Waals surface area contributed by atoms with E-state index in [1.54, 1.807) is 32.7 Å². The number of carbonyl (C=O) groups excluding carboxylic acids is 1. The standard InChI is InChI=1S/C43H50N6O7S/c1-6-54-43(51)42-34(14-10-26-55-38-15-9-12-30-11-7-8-13-33(30)38)35-21-16-29(2)39(41(35)44-42)40-36(45-47(5)37(40)27-50)28-56-32-19-17-31(18-20-32)48-22-24-49(25-23-48)57(52,53)46(3)4/h7-9,11-13,15-21,44,50H,6,10,14,22-28H2,1-5H3. The van der Waals surface area contributed by atoms with Crippen LogP contribution < -0.4 is 14.4 Å². The van der Waals surface area contributed by atoms with Crippen LogP contribution in [-0.4, -0.2) is 96.4 Å². The molecule has 1 aliphatic heterocycles. The van der Waals surface area contributed by atoms with E-state index in [9.17, 15) is 18.3 Å². The minimum absolute atomic E-state index is 0.128. The molecule has 7 rings (SSSR count). The lowest BCUT2D eigenvalue weighted by Gasteiger charge is -2.36. The fraction of sp³-hybridized carbons (Fsp3) is 0.349. The Bertz CT molecular complexity index is 2480. The van der Waals surface area contributed by atoms with Crippen molar-refractivity contribution in [1.82, 2.24) is 23.4 Å². The summed E-state index contributed by atoms with van der Waals surface area (Å²) in [5.74, 6) is 1.04. The molecule has 57 heavy (non-hydrogen) atoms. The Morgan fingerprint density at radius 1 is 0.912 bits per heavy atom. The van der Waals surface area contributed by atoms with E-state index in [-0.39, 0.29) is 19.8 Å². The predicted molar refractivity (Wildman–Crippen MR) is 222 cm³/mol. The number of hydrogen-bond acceptors (Lipinski definition) is 9. The number of hydrogen-bond donors (Lipinski definition) is 2. The lowest BCUT2D eigenvalue weighted by atomic mass is 9.94. The number of aromatic amines is 1. The van der Waals surface area contributed by atoms with E-state index in [1.807, 2.05) is 67.6 Å². The summed E-state index contributed by atoms with van der Waals surface area (Å²) >= 11 is 0. The highest BCUT2D eigenvalue weighted by Crippen LogP contribution is 2.39. The number of carbonyl (C=O) groups is 1. The van der Waals surface area contributed by atoms with E-state index in [2.05, 4.69) is 28.1 Å². The number of H-pyrrole nitrogens is 1. The topological polar surface area (TPSA) is 142 Å². The Morgan fingerprint density at radius 2 is 1.65 bits per heavy atom. The van der Waals surface area contributed by atoms with Gasteiger partial charge in [-0.25, -0.2) is 4.79 Å². The van der Waals surface area contributed by atoms with E-state index in [1.165, 1.54) is 8.61 Å². The van der Waals surface area contributed by atoms with Crippen LogP contribution in [0.15, 0.2) is 78.9 Å². The molecule has 0 aliphatic carbocycles. The second kappa shape index (κ2) is 17.0. The van der Waals surface area contributed by atoms with Gasteiger partial charge >= 0.3 is 5.97 Å². The van der Waals surface area contributed by atoms with Gasteiger partial charge in [0.25, 0.3) is 10.2 Å². The van der Waals surface area contributed by atoms with Crippen molar-refractivity contribution >= 4 is 43.5 Å². The zero-order chi connectivity index (χ0) is 40.3. The normalized spacial score (nSPS) is 13.8. The number of rotatable bonds is 15. The summed E-state index contributed by atoms with van der Waals surface area (Å²) in [6.07, 6.45) is 1.23. The third kappa shape index (κ3) is 8.08. The SMILES string of the molecule is CCOC(=O)c1[nH]c2c(-c3c(COc4ccc(N5CCN(S(=O)(=O)N(C)C)CC5)cc4)nn(C)c3CO)c(C)ccc2c1CCCOc1cccc2ccccc12. The number of esters is 1. The van der Waals surface area contributed by atoms with E-state index in [4.69, 9.17) is 19.3 Å². The molecule has 3 heterocycles. The highest BCUT2D eigenvalue weighted by molar-refractivity contribution is 7.86. The average Bonchev–Trinajstić information content (AvgIpc) is 3.75. The molecule has 300 valence electrons. The third-order valence-electron chi connectivity index (χ3n) is 10.6. The maximum atomic E-state index is 13.4. The first-order valence-electron chi connectivity index (χ1n) is 19.2. The van der Waals surface area contributed by atoms with E-state index < -0.39 is 16.2 Å². The fourth-order valence-electron chi connectivity index (χ4n) is 7.64. The maximum Gasteiger partial charge on any atom is 0.355 e. The summed E-state index contributed by atoms with van der Waals surface area (Å²) in [5, 5.41) is 18.5. The highest BCUT2D eigenvalue weighted by Gasteiger charge is 2.29. The van der Waals surface area contributed by atoms with Crippen molar-refractivity contribution in [2.24, 2.45) is 7.05 Å². The van der Waals surface area contributed by atoms with Gasteiger partial charge < -0.3 is 29.2 Å². The molecule has 0 bridgehead atoms. The van der Waals surface area contributed by atoms with Crippen molar-refractivity contribution in [1.29, 1.82) is 0 Å². The summed E-state index contributed by atoms with van der Waals surface area (Å²) in [6, 6.07) is 26.0. The van der Waals surface area contributed by atoms with Crippen LogP contribution in [0.5, 0.6) is 11.5 Å². The molecular formula is C43H50N6O7S. The molecule has 6 aromatic rings. The molecule has 2 N–H and O–H groups in total. The molecule has 2 aromatic heterocycles. The Balaban J connectivity index is 1.13. The molecule has 4 aromatic carbocycles. The van der Waals surface area contributed by atoms with Crippen molar-refractivity contribution in [3.05, 3.63) is 107 Å². The van der Waals surface area contributed by atoms with Crippen molar-refractivity contribution < 1.29 is 32.5 Å². The average molecular weight is 795 g/mol. The molecule has 0 amide bonds. The van der Waals surface area contributed by atoms with Crippen molar-refractivity contribution in [3.63, 3.8) is 0 Å². The molecule has 1 fully saturated rings. The summed E-state index contributed by atoms with van der Waals surface area (Å²) < 4.78 is 47.6. The summed E-state index contributed by atoms with van der Waals surface area (Å²) in [4.78, 5) is 19.0. The molecule has 0 spiro atoms. The van der Waals surface area contributed by atoms with E-state index in [0.717, 1.165) is 55.4 Å². The van der Waals surface area contributed by atoms with Gasteiger partial charge in [0, 0.05) is 74.9 Å². The number of anilines is 1. The van der Waals surface area contributed by atoms with Gasteiger partial charge in [0.1, 0.15) is 29.5 Å². The minimum Gasteiger partial charge on any atom is -0.493 e. The Labute approximate surface area is 333 Å². The molecule has 0 radical (unpaired) electrons. The first-order valence-corrected chi connectivity index (χ1v) is 20.6. The zero-order valence-electron chi connectivity index (χ0n) is 33.1. The highest BCUT2D eigenvalue weighted by atomic mass is 32.2. The molecule has 1 saturated heterocycles. The van der Waals surface area contributed by atoms with Gasteiger partial charge in [-0.1, -0.05) is 48.5 Å². The lowest BCUT2D eigenvalue weighted by molar-refractivity contribution is 0.0519. The van der Waals surface area contributed by atoms with Crippen LogP contribution in [0, 0.1) is 6.92 Å². The van der Waals surface area contributed by atoms with Crippen molar-refractivity contribution in [3.8, 4) is 22.6 Å². The monoisotopic (exact) mass is 794 g/mol. The third-order valence-corrected chi connectivity index (χ3v) is 12.5. The van der Waals surface area contributed by atoms with Gasteiger partial charge in [0.05, 0.1) is 31.0 Å². The largest absolute Gasteiger partial charge is 0.493 e. The predicted octanol–water partition coefficient (Wildman–Crippen LogP) is 6.22. The number of fused-ring (bicyclic) bond motifs is 2. The first kappa shape index (κ1) is 39.8. The maximum absolute atomic E-state index is 13.4. The van der Waals surface area contributed by atoms with Crippen LogP contribution in [-0.2, 0) is 41.6 Å². The zero-order valence-corrected chi connectivity index (χ0v) is 33.9. The number of aliphatic hydroxyl groups excluding tert-OH is 1. The number of aryl methyl sites for hydroxylation is 3. The molecule has 14 heteroatoms. The quantitative estimate of drug-likeness (QED) is 0.0916. The second-order valence-electron chi connectivity index (χ2n) is 14.3. The van der Waals surface area contributed by atoms with Gasteiger partial charge in [-0.2, -0.15) is 22.1 Å². The smallest absolute Gasteiger partial charge is 0.355 e. The first-order chi connectivity index (χ1) is 27.5. The number of nitrogens with one attached hydrogen (secondary N) is 1. The van der Waals surface area contributed by atoms with Crippen LogP contribution in [0.3, 0.4) is 0 Å². The lowest BCUT2D eigenvalue weighted by Crippen LogP contribution is -2.51. The molecule has 0 atom stereocenters. The Kier molecular flexibility index (Phi) is 11.9. The van der Waals surface area contributed by atoms with Crippen molar-refractivity contribution in [2.45, 2.75) is 39.9 Å². The molecular weight excluding hydrogens is 745 g/mol. The van der Waals surface area contributed by atoms with Crippen LogP contribution >= 0.6 is 0 Å². The van der Waals surface area contributed by atoms with Gasteiger partial charge in [0.15, 0.2) is 0 Å². The molecule has 0 unspecified atom stereocenters. The number of aromatic nitrogens is 3. The van der Waals surface area contributed by atoms with Gasteiger partial charge in [-0.15, -0.1) is 0 Å². The van der Waals surface area contributed by atoms with Crippen LogP contribution in [0.2, 0.25) is 0 Å². The minimum atomic E-state index is -3.45. The van der Waals surface area contributed by atoms with Crippen molar-refractivity contribution in [2.75, 3.05) is 58.4 Å². The molecule has 0 saturated carbocycles. The summed E-state index contributed by atoms with van der Waals surface area (Å²) in [7, 11) is 1.45. The fourth-order valence-corrected chi connectivity index (χ4v) is 8.73. The van der Waals surface area contributed by atoms with E-state index >= 15 is 0 Å². The number of piperazine rings is 1. The number of benzene rings is 4. The van der Waals surface area contributed by atoms with Gasteiger partial charge in [0.2, 0.25) is 0 Å². The van der Waals surface area contributed by atoms with E-state index in [0.29, 0.717) is 68.5 Å². The van der Waals surface area contributed by atoms with Crippen LogP contribution in [0.1, 0.15) is 46.3 Å². The summed E-state index contributed by atoms with van der Waals surface area (Å²) in [6.45, 7) is 6.34. The Morgan fingerprint density at radius 3 is 2.37 bits per heavy atom. The van der Waals surface area contributed by atoms with Gasteiger partial charge in [-0.05, 0) is 73.5 Å². The number of ether oxygens (including phenoxy) is 3. The number of aliphatic hydroxyl groups is 1. The second-order valence-corrected chi connectivity index (χ2v) is 16.5. The number of nitrogens with zero attached hydrogens (tertiary/aromatic N) is 5. The van der Waals surface area contributed by atoms with Crippen LogP contribution in [0.4, 0.5) is 5.69 Å². The molecule has 13 nitrogen and oxygen atoms in total. The molecule has 1 aliphatic rings. The van der Waals surface area contributed by atoms with Crippen LogP contribution in [0.25, 0.3) is 32.8 Å². The summed E-state index contributed by atoms with van der Waals surface area (Å²) in [5.41, 5.74) is 6.75. The Hall–Kier alpha value is -5.41.